The third-order valence-electron chi connectivity index (χ3n) is 3.34. The van der Waals surface area contributed by atoms with Crippen molar-refractivity contribution in [3.05, 3.63) is 29.8 Å². The molecule has 1 aromatic carbocycles. The molecule has 2 amide bonds. The summed E-state index contributed by atoms with van der Waals surface area (Å²) in [5, 5.41) is 7.52. The number of primary sulfonamides is 1. The lowest BCUT2D eigenvalue weighted by Crippen LogP contribution is -2.27. The number of carbonyl (C=O) groups excluding carboxylic acids is 2. The van der Waals surface area contributed by atoms with Crippen LogP contribution in [-0.4, -0.2) is 39.6 Å². The summed E-state index contributed by atoms with van der Waals surface area (Å²) in [7, 11) is -2.05. The Labute approximate surface area is 123 Å². The molecule has 1 unspecified atom stereocenters. The van der Waals surface area contributed by atoms with Gasteiger partial charge < -0.3 is 10.2 Å². The van der Waals surface area contributed by atoms with Crippen molar-refractivity contribution in [2.24, 2.45) is 11.1 Å². The van der Waals surface area contributed by atoms with Crippen LogP contribution in [0.2, 0.25) is 0 Å². The van der Waals surface area contributed by atoms with Crippen LogP contribution in [0.5, 0.6) is 0 Å². The molecule has 0 aliphatic carbocycles. The van der Waals surface area contributed by atoms with Crippen LogP contribution in [0.1, 0.15) is 16.8 Å². The summed E-state index contributed by atoms with van der Waals surface area (Å²) in [6.07, 6.45) is 0.160. The number of rotatable bonds is 4. The van der Waals surface area contributed by atoms with Crippen LogP contribution < -0.4 is 15.4 Å². The van der Waals surface area contributed by atoms with Gasteiger partial charge in [0.2, 0.25) is 15.9 Å². The number of hydrogen-bond acceptors (Lipinski definition) is 4. The summed E-state index contributed by atoms with van der Waals surface area (Å²) >= 11 is 0. The van der Waals surface area contributed by atoms with Gasteiger partial charge in [-0.15, -0.1) is 0 Å². The molecule has 1 aliphatic rings. The minimum Gasteiger partial charge on any atom is -0.355 e. The van der Waals surface area contributed by atoms with Gasteiger partial charge >= 0.3 is 0 Å². The average Bonchev–Trinajstić information content (AvgIpc) is 2.76. The normalized spacial score (nSPS) is 18.9. The number of hydrogen-bond donors (Lipinski definition) is 2. The van der Waals surface area contributed by atoms with Crippen molar-refractivity contribution in [2.45, 2.75) is 6.42 Å². The van der Waals surface area contributed by atoms with Crippen molar-refractivity contribution < 1.29 is 18.0 Å². The van der Waals surface area contributed by atoms with Gasteiger partial charge in [0.15, 0.2) is 0 Å². The summed E-state index contributed by atoms with van der Waals surface area (Å²) in [6, 6.07) is 6.58. The van der Waals surface area contributed by atoms with E-state index in [1.54, 1.807) is 24.3 Å². The molecule has 1 saturated heterocycles. The van der Waals surface area contributed by atoms with Crippen molar-refractivity contribution in [1.29, 1.82) is 0 Å². The minimum absolute atomic E-state index is 0.142. The van der Waals surface area contributed by atoms with Crippen LogP contribution in [0.3, 0.4) is 0 Å². The largest absolute Gasteiger partial charge is 0.355 e. The van der Waals surface area contributed by atoms with Gasteiger partial charge in [-0.25, -0.2) is 13.6 Å². The molecule has 1 aromatic rings. The quantitative estimate of drug-likeness (QED) is 0.794. The Kier molecular flexibility index (Phi) is 4.29. The molecule has 0 spiro atoms. The molecular formula is C13H17N3O4S. The van der Waals surface area contributed by atoms with Gasteiger partial charge in [0.05, 0.1) is 5.75 Å². The third kappa shape index (κ3) is 3.79. The second-order valence-corrected chi connectivity index (χ2v) is 6.69. The Morgan fingerprint density at radius 1 is 1.38 bits per heavy atom. The molecule has 3 N–H and O–H groups in total. The van der Waals surface area contributed by atoms with E-state index in [0.717, 1.165) is 0 Å². The van der Waals surface area contributed by atoms with Gasteiger partial charge in [0.25, 0.3) is 5.91 Å². The molecule has 7 nitrogen and oxygen atoms in total. The Hall–Kier alpha value is -1.93. The van der Waals surface area contributed by atoms with Crippen molar-refractivity contribution in [3.63, 3.8) is 0 Å². The van der Waals surface area contributed by atoms with E-state index < -0.39 is 10.0 Å². The molecule has 1 heterocycles. The van der Waals surface area contributed by atoms with Gasteiger partial charge in [-0.3, -0.25) is 9.59 Å². The molecule has 0 bridgehead atoms. The van der Waals surface area contributed by atoms with Crippen LogP contribution >= 0.6 is 0 Å². The van der Waals surface area contributed by atoms with E-state index in [4.69, 9.17) is 5.14 Å². The summed E-state index contributed by atoms with van der Waals surface area (Å²) in [4.78, 5) is 24.9. The van der Waals surface area contributed by atoms with Crippen molar-refractivity contribution in [3.8, 4) is 0 Å². The first-order valence-electron chi connectivity index (χ1n) is 6.43. The zero-order chi connectivity index (χ0) is 15.6. The molecule has 0 saturated carbocycles. The van der Waals surface area contributed by atoms with Crippen molar-refractivity contribution in [2.75, 3.05) is 24.2 Å². The third-order valence-corrected chi connectivity index (χ3v) is 4.28. The maximum absolute atomic E-state index is 12.0. The van der Waals surface area contributed by atoms with E-state index in [1.807, 2.05) is 0 Å². The smallest absolute Gasteiger partial charge is 0.251 e. The summed E-state index contributed by atoms with van der Waals surface area (Å²) in [5.74, 6) is -0.852. The van der Waals surface area contributed by atoms with Crippen molar-refractivity contribution in [1.82, 2.24) is 5.32 Å². The van der Waals surface area contributed by atoms with Crippen molar-refractivity contribution >= 4 is 27.5 Å². The summed E-state index contributed by atoms with van der Waals surface area (Å²) < 4.78 is 22.2. The van der Waals surface area contributed by atoms with E-state index in [-0.39, 0.29) is 29.9 Å². The van der Waals surface area contributed by atoms with Gasteiger partial charge in [0.1, 0.15) is 0 Å². The Balaban J connectivity index is 2.12. The molecule has 0 aromatic heterocycles. The first kappa shape index (κ1) is 15.5. The molecule has 21 heavy (non-hydrogen) atoms. The second kappa shape index (κ2) is 5.82. The highest BCUT2D eigenvalue weighted by Gasteiger charge is 2.32. The first-order chi connectivity index (χ1) is 9.80. The van der Waals surface area contributed by atoms with Crippen LogP contribution in [0, 0.1) is 5.92 Å². The number of nitrogens with one attached hydrogen (secondary N) is 1. The van der Waals surface area contributed by atoms with E-state index in [9.17, 15) is 18.0 Å². The molecule has 2 rings (SSSR count). The lowest BCUT2D eigenvalue weighted by Gasteiger charge is -2.17. The van der Waals surface area contributed by atoms with E-state index >= 15 is 0 Å². The van der Waals surface area contributed by atoms with Crippen LogP contribution in [0.25, 0.3) is 0 Å². The number of carbonyl (C=O) groups is 2. The summed E-state index contributed by atoms with van der Waals surface area (Å²) in [6.45, 7) is 0.314. The maximum Gasteiger partial charge on any atom is 0.251 e. The zero-order valence-corrected chi connectivity index (χ0v) is 12.4. The first-order valence-corrected chi connectivity index (χ1v) is 8.14. The van der Waals surface area contributed by atoms with Crippen LogP contribution in [0.15, 0.2) is 24.3 Å². The SMILES string of the molecule is CNC(=O)c1ccc(N2CC(CS(N)(=O)=O)CC2=O)cc1. The Morgan fingerprint density at radius 3 is 2.52 bits per heavy atom. The lowest BCUT2D eigenvalue weighted by atomic mass is 10.1. The molecule has 114 valence electrons. The monoisotopic (exact) mass is 311 g/mol. The molecule has 1 aliphatic heterocycles. The highest BCUT2D eigenvalue weighted by Crippen LogP contribution is 2.25. The van der Waals surface area contributed by atoms with Gasteiger partial charge in [-0.2, -0.15) is 0 Å². The molecule has 1 atom stereocenters. The number of benzene rings is 1. The Bertz CT molecular complexity index is 654. The fraction of sp³-hybridized carbons (Fsp3) is 0.385. The van der Waals surface area contributed by atoms with E-state index in [0.29, 0.717) is 17.8 Å². The van der Waals surface area contributed by atoms with Crippen LogP contribution in [0.4, 0.5) is 5.69 Å². The highest BCUT2D eigenvalue weighted by molar-refractivity contribution is 7.89. The fourth-order valence-electron chi connectivity index (χ4n) is 2.41. The lowest BCUT2D eigenvalue weighted by molar-refractivity contribution is -0.117. The predicted molar refractivity (Wildman–Crippen MR) is 78.3 cm³/mol. The molecule has 1 fully saturated rings. The van der Waals surface area contributed by atoms with Gasteiger partial charge in [-0.05, 0) is 24.3 Å². The number of nitrogens with two attached hydrogens (primary N) is 1. The molecule has 8 heteroatoms. The zero-order valence-electron chi connectivity index (χ0n) is 11.6. The number of amides is 2. The average molecular weight is 311 g/mol. The van der Waals surface area contributed by atoms with Gasteiger partial charge in [0, 0.05) is 37.2 Å². The van der Waals surface area contributed by atoms with E-state index in [2.05, 4.69) is 5.32 Å². The number of sulfonamides is 1. The number of nitrogens with zero attached hydrogens (tertiary/aromatic N) is 1. The van der Waals surface area contributed by atoms with Gasteiger partial charge in [-0.1, -0.05) is 0 Å². The topological polar surface area (TPSA) is 110 Å². The highest BCUT2D eigenvalue weighted by atomic mass is 32.2. The second-order valence-electron chi connectivity index (χ2n) is 5.03. The predicted octanol–water partition coefficient (Wildman–Crippen LogP) is -0.312. The number of anilines is 1. The fourth-order valence-corrected chi connectivity index (χ4v) is 3.29. The molecular weight excluding hydrogens is 294 g/mol. The molecule has 0 radical (unpaired) electrons. The van der Waals surface area contributed by atoms with E-state index in [1.165, 1.54) is 11.9 Å². The minimum atomic E-state index is -3.59. The van der Waals surface area contributed by atoms with Crippen LogP contribution in [-0.2, 0) is 14.8 Å². The standard InChI is InChI=1S/C13H17N3O4S/c1-15-13(18)10-2-4-11(5-3-10)16-7-9(6-12(16)17)8-21(14,19)20/h2-5,9H,6-8H2,1H3,(H,15,18)(H2,14,19,20). The maximum atomic E-state index is 12.0. The Morgan fingerprint density at radius 2 is 2.00 bits per heavy atom. The summed E-state index contributed by atoms with van der Waals surface area (Å²) in [5.41, 5.74) is 1.14.